The number of benzene rings is 1. The van der Waals surface area contributed by atoms with Gasteiger partial charge < -0.3 is 10.5 Å². The highest BCUT2D eigenvalue weighted by Gasteiger charge is 2.44. The van der Waals surface area contributed by atoms with Crippen molar-refractivity contribution >= 4 is 0 Å². The van der Waals surface area contributed by atoms with Gasteiger partial charge in [0.25, 0.3) is 0 Å². The van der Waals surface area contributed by atoms with Crippen LogP contribution in [-0.4, -0.2) is 18.8 Å². The van der Waals surface area contributed by atoms with Gasteiger partial charge in [0.15, 0.2) is 0 Å². The van der Waals surface area contributed by atoms with Crippen LogP contribution < -0.4 is 10.5 Å². The molecule has 1 saturated carbocycles. The molecule has 0 atom stereocenters. The molecular formula is C15H20F3NO. The number of halogens is 3. The van der Waals surface area contributed by atoms with Gasteiger partial charge in [-0.2, -0.15) is 13.2 Å². The van der Waals surface area contributed by atoms with Gasteiger partial charge >= 0.3 is 6.18 Å². The zero-order chi connectivity index (χ0) is 14.8. The van der Waals surface area contributed by atoms with Gasteiger partial charge in [0.2, 0.25) is 0 Å². The van der Waals surface area contributed by atoms with Crippen molar-refractivity contribution in [3.8, 4) is 5.75 Å². The molecule has 0 bridgehead atoms. The normalized spacial score (nSPS) is 27.4. The van der Waals surface area contributed by atoms with Gasteiger partial charge in [0, 0.05) is 5.54 Å². The summed E-state index contributed by atoms with van der Waals surface area (Å²) in [5.74, 6) is -0.445. The van der Waals surface area contributed by atoms with Gasteiger partial charge in [-0.15, -0.1) is 0 Å². The Labute approximate surface area is 117 Å². The second-order valence-corrected chi connectivity index (χ2v) is 5.71. The van der Waals surface area contributed by atoms with Gasteiger partial charge in [-0.25, -0.2) is 0 Å². The maximum absolute atomic E-state index is 12.7. The largest absolute Gasteiger partial charge is 0.497 e. The molecule has 5 heteroatoms. The molecule has 20 heavy (non-hydrogen) atoms. The Bertz CT molecular complexity index is 451. The Balaban J connectivity index is 1.99. The Morgan fingerprint density at radius 2 is 1.95 bits per heavy atom. The van der Waals surface area contributed by atoms with Gasteiger partial charge in [-0.3, -0.25) is 0 Å². The number of hydrogen-bond donors (Lipinski definition) is 1. The van der Waals surface area contributed by atoms with E-state index in [1.165, 1.54) is 0 Å². The van der Waals surface area contributed by atoms with Gasteiger partial charge in [0.1, 0.15) is 5.75 Å². The van der Waals surface area contributed by atoms with E-state index in [2.05, 4.69) is 0 Å². The van der Waals surface area contributed by atoms with E-state index in [1.54, 1.807) is 7.11 Å². The predicted molar refractivity (Wildman–Crippen MR) is 71.6 cm³/mol. The summed E-state index contributed by atoms with van der Waals surface area (Å²) in [4.78, 5) is 0. The first kappa shape index (κ1) is 15.2. The summed E-state index contributed by atoms with van der Waals surface area (Å²) in [7, 11) is 1.59. The van der Waals surface area contributed by atoms with E-state index in [0.717, 1.165) is 11.3 Å². The standard InChI is InChI=1S/C15H20F3NO/c1-20-13-4-2-3-11(9-13)10-14(19)7-5-12(6-8-14)15(16,17)18/h2-4,9,12H,5-8,10,19H2,1H3. The van der Waals surface area contributed by atoms with Crippen LogP contribution in [0.25, 0.3) is 0 Å². The van der Waals surface area contributed by atoms with E-state index in [0.29, 0.717) is 19.3 Å². The van der Waals surface area contributed by atoms with Gasteiger partial charge in [0.05, 0.1) is 13.0 Å². The first-order chi connectivity index (χ1) is 9.32. The van der Waals surface area contributed by atoms with Crippen LogP contribution in [0, 0.1) is 5.92 Å². The Morgan fingerprint density at radius 1 is 1.30 bits per heavy atom. The minimum absolute atomic E-state index is 0.129. The summed E-state index contributed by atoms with van der Waals surface area (Å²) in [6.07, 6.45) is -2.41. The van der Waals surface area contributed by atoms with Crippen molar-refractivity contribution in [1.29, 1.82) is 0 Å². The lowest BCUT2D eigenvalue weighted by Gasteiger charge is -2.38. The van der Waals surface area contributed by atoms with E-state index in [1.807, 2.05) is 24.3 Å². The topological polar surface area (TPSA) is 35.2 Å². The Hall–Kier alpha value is -1.23. The molecule has 2 rings (SSSR count). The molecule has 0 saturated heterocycles. The summed E-state index contributed by atoms with van der Waals surface area (Å²) in [6, 6.07) is 7.55. The number of rotatable bonds is 3. The summed E-state index contributed by atoms with van der Waals surface area (Å²) < 4.78 is 43.1. The molecule has 2 N–H and O–H groups in total. The highest BCUT2D eigenvalue weighted by molar-refractivity contribution is 5.29. The fourth-order valence-electron chi connectivity index (χ4n) is 2.89. The lowest BCUT2D eigenvalue weighted by molar-refractivity contribution is -0.184. The fourth-order valence-corrected chi connectivity index (χ4v) is 2.89. The molecule has 0 aliphatic heterocycles. The van der Waals surface area contributed by atoms with Crippen LogP contribution in [0.15, 0.2) is 24.3 Å². The SMILES string of the molecule is COc1cccc(CC2(N)CCC(C(F)(F)F)CC2)c1. The molecule has 1 aliphatic rings. The summed E-state index contributed by atoms with van der Waals surface area (Å²) in [5.41, 5.74) is 6.76. The van der Waals surface area contributed by atoms with E-state index in [-0.39, 0.29) is 12.8 Å². The molecule has 0 radical (unpaired) electrons. The molecule has 0 heterocycles. The number of hydrogen-bond acceptors (Lipinski definition) is 2. The fraction of sp³-hybridized carbons (Fsp3) is 0.600. The number of methoxy groups -OCH3 is 1. The van der Waals surface area contributed by atoms with E-state index in [9.17, 15) is 13.2 Å². The third kappa shape index (κ3) is 3.66. The minimum atomic E-state index is -4.09. The number of alkyl halides is 3. The summed E-state index contributed by atoms with van der Waals surface area (Å²) in [6.45, 7) is 0. The van der Waals surface area contributed by atoms with E-state index in [4.69, 9.17) is 10.5 Å². The van der Waals surface area contributed by atoms with Gasteiger partial charge in [-0.05, 0) is 49.8 Å². The molecule has 1 aromatic rings. The minimum Gasteiger partial charge on any atom is -0.497 e. The smallest absolute Gasteiger partial charge is 0.391 e. The first-order valence-corrected chi connectivity index (χ1v) is 6.81. The van der Waals surface area contributed by atoms with Crippen LogP contribution in [-0.2, 0) is 6.42 Å². The molecule has 0 aromatic heterocycles. The molecule has 0 unspecified atom stereocenters. The molecule has 1 aliphatic carbocycles. The highest BCUT2D eigenvalue weighted by atomic mass is 19.4. The highest BCUT2D eigenvalue weighted by Crippen LogP contribution is 2.41. The predicted octanol–water partition coefficient (Wildman–Crippen LogP) is 3.69. The van der Waals surface area contributed by atoms with Crippen molar-refractivity contribution in [2.45, 2.75) is 43.8 Å². The van der Waals surface area contributed by atoms with Crippen LogP contribution in [0.5, 0.6) is 5.75 Å². The molecule has 0 amide bonds. The summed E-state index contributed by atoms with van der Waals surface area (Å²) >= 11 is 0. The molecule has 0 spiro atoms. The molecule has 1 fully saturated rings. The second-order valence-electron chi connectivity index (χ2n) is 5.71. The monoisotopic (exact) mass is 287 g/mol. The Kier molecular flexibility index (Phi) is 4.28. The lowest BCUT2D eigenvalue weighted by Crippen LogP contribution is -2.47. The van der Waals surface area contributed by atoms with Crippen LogP contribution in [0.2, 0.25) is 0 Å². The molecule has 1 aromatic carbocycles. The third-order valence-corrected chi connectivity index (χ3v) is 4.13. The second kappa shape index (κ2) is 5.64. The van der Waals surface area contributed by atoms with Crippen molar-refractivity contribution in [1.82, 2.24) is 0 Å². The zero-order valence-electron chi connectivity index (χ0n) is 11.5. The maximum atomic E-state index is 12.7. The van der Waals surface area contributed by atoms with Crippen LogP contribution in [0.4, 0.5) is 13.2 Å². The Morgan fingerprint density at radius 3 is 2.50 bits per heavy atom. The molecule has 112 valence electrons. The number of ether oxygens (including phenoxy) is 1. The van der Waals surface area contributed by atoms with E-state index < -0.39 is 17.6 Å². The van der Waals surface area contributed by atoms with Crippen molar-refractivity contribution < 1.29 is 17.9 Å². The molecule has 2 nitrogen and oxygen atoms in total. The van der Waals surface area contributed by atoms with Crippen molar-refractivity contribution in [2.75, 3.05) is 7.11 Å². The van der Waals surface area contributed by atoms with Crippen molar-refractivity contribution in [3.63, 3.8) is 0 Å². The molecular weight excluding hydrogens is 267 g/mol. The maximum Gasteiger partial charge on any atom is 0.391 e. The van der Waals surface area contributed by atoms with Crippen LogP contribution in [0.1, 0.15) is 31.2 Å². The van der Waals surface area contributed by atoms with Crippen LogP contribution in [0.3, 0.4) is 0 Å². The van der Waals surface area contributed by atoms with Crippen molar-refractivity contribution in [2.24, 2.45) is 11.7 Å². The van der Waals surface area contributed by atoms with Crippen molar-refractivity contribution in [3.05, 3.63) is 29.8 Å². The quantitative estimate of drug-likeness (QED) is 0.920. The summed E-state index contributed by atoms with van der Waals surface area (Å²) in [5, 5.41) is 0. The third-order valence-electron chi connectivity index (χ3n) is 4.13. The van der Waals surface area contributed by atoms with E-state index >= 15 is 0 Å². The lowest BCUT2D eigenvalue weighted by atomic mass is 9.74. The van der Waals surface area contributed by atoms with Crippen LogP contribution >= 0.6 is 0 Å². The average Bonchev–Trinajstić information content (AvgIpc) is 2.38. The first-order valence-electron chi connectivity index (χ1n) is 6.81. The van der Waals surface area contributed by atoms with Gasteiger partial charge in [-0.1, -0.05) is 12.1 Å². The zero-order valence-corrected chi connectivity index (χ0v) is 11.5. The number of nitrogens with two attached hydrogens (primary N) is 1. The average molecular weight is 287 g/mol.